The number of likely N-dealkylation sites (N-methyl/N-ethyl adjacent to an activating group) is 1. The van der Waals surface area contributed by atoms with Crippen molar-refractivity contribution in [2.24, 2.45) is 5.92 Å². The summed E-state index contributed by atoms with van der Waals surface area (Å²) in [5.74, 6) is 2.02. The molecule has 3 N–H and O–H groups in total. The predicted octanol–water partition coefficient (Wildman–Crippen LogP) is 1.05. The molecule has 0 bridgehead atoms. The van der Waals surface area contributed by atoms with Crippen molar-refractivity contribution in [1.29, 1.82) is 0 Å². The number of hydrogen-bond donors (Lipinski definition) is 2. The summed E-state index contributed by atoms with van der Waals surface area (Å²) in [4.78, 5) is 17.4. The third kappa shape index (κ3) is 4.42. The molecule has 7 nitrogen and oxygen atoms in total. The van der Waals surface area contributed by atoms with Gasteiger partial charge in [-0.3, -0.25) is 0 Å². The third-order valence-corrected chi connectivity index (χ3v) is 3.71. The second-order valence-electron chi connectivity index (χ2n) is 6.27. The molecule has 1 saturated heterocycles. The lowest BCUT2D eigenvalue weighted by atomic mass is 10.0. The number of nitrogens with two attached hydrogens (primary N) is 1. The molecule has 2 rings (SSSR count). The monoisotopic (exact) mass is 293 g/mol. The van der Waals surface area contributed by atoms with Gasteiger partial charge in [0, 0.05) is 25.7 Å². The van der Waals surface area contributed by atoms with Gasteiger partial charge in [0.1, 0.15) is 0 Å². The summed E-state index contributed by atoms with van der Waals surface area (Å²) in [5.41, 5.74) is 5.84. The standard InChI is InChI=1S/C14H27N7/c1-10(2)11(9-20(3)4)16-13-17-12(15)18-14(19-13)21-7-5-6-8-21/h10-11H,5-9H2,1-4H3,(H3,15,16,17,18,19). The van der Waals surface area contributed by atoms with Crippen LogP contribution in [0.4, 0.5) is 17.8 Å². The Morgan fingerprint density at radius 2 is 1.86 bits per heavy atom. The SMILES string of the molecule is CC(C)C(CN(C)C)Nc1nc(N)nc(N2CCCC2)n1. The lowest BCUT2D eigenvalue weighted by Crippen LogP contribution is -2.37. The summed E-state index contributed by atoms with van der Waals surface area (Å²) < 4.78 is 0. The van der Waals surface area contributed by atoms with Crippen LogP contribution in [0, 0.1) is 5.92 Å². The van der Waals surface area contributed by atoms with Gasteiger partial charge in [-0.2, -0.15) is 15.0 Å². The number of aromatic nitrogens is 3. The molecule has 0 aliphatic carbocycles. The van der Waals surface area contributed by atoms with Gasteiger partial charge in [-0.05, 0) is 32.9 Å². The second kappa shape index (κ2) is 6.89. The highest BCUT2D eigenvalue weighted by molar-refractivity contribution is 5.43. The van der Waals surface area contributed by atoms with Crippen molar-refractivity contribution in [2.75, 3.05) is 49.7 Å². The molecule has 0 aromatic carbocycles. The maximum atomic E-state index is 5.84. The van der Waals surface area contributed by atoms with E-state index in [0.717, 1.165) is 19.6 Å². The van der Waals surface area contributed by atoms with Crippen molar-refractivity contribution in [3.8, 4) is 0 Å². The average molecular weight is 293 g/mol. The fourth-order valence-electron chi connectivity index (χ4n) is 2.49. The van der Waals surface area contributed by atoms with Crippen molar-refractivity contribution in [3.05, 3.63) is 0 Å². The van der Waals surface area contributed by atoms with Gasteiger partial charge in [-0.25, -0.2) is 0 Å². The Balaban J connectivity index is 2.14. The van der Waals surface area contributed by atoms with E-state index in [4.69, 9.17) is 5.73 Å². The van der Waals surface area contributed by atoms with Crippen molar-refractivity contribution < 1.29 is 0 Å². The van der Waals surface area contributed by atoms with Crippen LogP contribution in [0.25, 0.3) is 0 Å². The number of hydrogen-bond acceptors (Lipinski definition) is 7. The Kier molecular flexibility index (Phi) is 5.17. The highest BCUT2D eigenvalue weighted by Gasteiger charge is 2.19. The smallest absolute Gasteiger partial charge is 0.231 e. The van der Waals surface area contributed by atoms with Gasteiger partial charge in [0.25, 0.3) is 0 Å². The number of anilines is 3. The molecule has 1 aliphatic heterocycles. The minimum absolute atomic E-state index is 0.272. The number of nitrogen functional groups attached to an aromatic ring is 1. The Hall–Kier alpha value is -1.63. The first kappa shape index (κ1) is 15.8. The van der Waals surface area contributed by atoms with E-state index >= 15 is 0 Å². The Morgan fingerprint density at radius 3 is 2.43 bits per heavy atom. The van der Waals surface area contributed by atoms with Gasteiger partial charge in [-0.1, -0.05) is 13.8 Å². The fraction of sp³-hybridized carbons (Fsp3) is 0.786. The van der Waals surface area contributed by atoms with Crippen LogP contribution < -0.4 is 16.0 Å². The van der Waals surface area contributed by atoms with E-state index in [1.807, 2.05) is 0 Å². The Morgan fingerprint density at radius 1 is 1.19 bits per heavy atom. The second-order valence-corrected chi connectivity index (χ2v) is 6.27. The molecule has 0 radical (unpaired) electrons. The van der Waals surface area contributed by atoms with Crippen molar-refractivity contribution >= 4 is 17.8 Å². The van der Waals surface area contributed by atoms with Crippen molar-refractivity contribution in [3.63, 3.8) is 0 Å². The molecule has 0 saturated carbocycles. The highest BCUT2D eigenvalue weighted by atomic mass is 15.3. The summed E-state index contributed by atoms with van der Waals surface area (Å²) in [5, 5.41) is 3.40. The normalized spacial score (nSPS) is 16.8. The molecule has 1 atom stereocenters. The zero-order chi connectivity index (χ0) is 15.4. The zero-order valence-electron chi connectivity index (χ0n) is 13.5. The van der Waals surface area contributed by atoms with E-state index < -0.39 is 0 Å². The van der Waals surface area contributed by atoms with Crippen LogP contribution in [-0.2, 0) is 0 Å². The van der Waals surface area contributed by atoms with E-state index in [1.54, 1.807) is 0 Å². The molecule has 1 aromatic heterocycles. The maximum absolute atomic E-state index is 5.84. The summed E-state index contributed by atoms with van der Waals surface area (Å²) in [6.45, 7) is 7.28. The molecule has 1 aliphatic rings. The Bertz CT molecular complexity index is 455. The predicted molar refractivity (Wildman–Crippen MR) is 86.5 cm³/mol. The van der Waals surface area contributed by atoms with Gasteiger partial charge in [-0.15, -0.1) is 0 Å². The number of rotatable bonds is 6. The molecule has 0 spiro atoms. The summed E-state index contributed by atoms with van der Waals surface area (Å²) in [6, 6.07) is 0.272. The minimum Gasteiger partial charge on any atom is -0.368 e. The topological polar surface area (TPSA) is 83.2 Å². The Labute approximate surface area is 127 Å². The van der Waals surface area contributed by atoms with Gasteiger partial charge >= 0.3 is 0 Å². The van der Waals surface area contributed by atoms with E-state index in [1.165, 1.54) is 12.8 Å². The minimum atomic E-state index is 0.272. The quantitative estimate of drug-likeness (QED) is 0.811. The van der Waals surface area contributed by atoms with Crippen LogP contribution in [0.15, 0.2) is 0 Å². The van der Waals surface area contributed by atoms with Gasteiger partial charge in [0.05, 0.1) is 0 Å². The first-order chi connectivity index (χ1) is 9.95. The van der Waals surface area contributed by atoms with Gasteiger partial charge in [0.15, 0.2) is 0 Å². The van der Waals surface area contributed by atoms with E-state index in [-0.39, 0.29) is 12.0 Å². The summed E-state index contributed by atoms with van der Waals surface area (Å²) in [6.07, 6.45) is 2.37. The van der Waals surface area contributed by atoms with Crippen molar-refractivity contribution in [1.82, 2.24) is 19.9 Å². The van der Waals surface area contributed by atoms with E-state index in [9.17, 15) is 0 Å². The molecular weight excluding hydrogens is 266 g/mol. The number of nitrogens with one attached hydrogen (secondary N) is 1. The molecule has 7 heteroatoms. The first-order valence-corrected chi connectivity index (χ1v) is 7.63. The molecular formula is C14H27N7. The highest BCUT2D eigenvalue weighted by Crippen LogP contribution is 2.18. The largest absolute Gasteiger partial charge is 0.368 e. The van der Waals surface area contributed by atoms with Crippen LogP contribution in [0.5, 0.6) is 0 Å². The number of nitrogens with zero attached hydrogens (tertiary/aromatic N) is 5. The van der Waals surface area contributed by atoms with Crippen LogP contribution in [0.3, 0.4) is 0 Å². The van der Waals surface area contributed by atoms with Crippen LogP contribution >= 0.6 is 0 Å². The van der Waals surface area contributed by atoms with Crippen LogP contribution in [0.2, 0.25) is 0 Å². The molecule has 1 fully saturated rings. The summed E-state index contributed by atoms with van der Waals surface area (Å²) >= 11 is 0. The van der Waals surface area contributed by atoms with Crippen LogP contribution in [0.1, 0.15) is 26.7 Å². The third-order valence-electron chi connectivity index (χ3n) is 3.71. The molecule has 1 unspecified atom stereocenters. The molecule has 2 heterocycles. The average Bonchev–Trinajstić information content (AvgIpc) is 2.90. The first-order valence-electron chi connectivity index (χ1n) is 7.63. The lowest BCUT2D eigenvalue weighted by molar-refractivity contribution is 0.343. The maximum Gasteiger partial charge on any atom is 0.231 e. The van der Waals surface area contributed by atoms with Gasteiger partial charge < -0.3 is 20.9 Å². The fourth-order valence-corrected chi connectivity index (χ4v) is 2.49. The zero-order valence-corrected chi connectivity index (χ0v) is 13.5. The van der Waals surface area contributed by atoms with Crippen LogP contribution in [-0.4, -0.2) is 59.6 Å². The van der Waals surface area contributed by atoms with Crippen molar-refractivity contribution in [2.45, 2.75) is 32.7 Å². The van der Waals surface area contributed by atoms with E-state index in [2.05, 4.69) is 58.0 Å². The lowest BCUT2D eigenvalue weighted by Gasteiger charge is -2.26. The van der Waals surface area contributed by atoms with Gasteiger partial charge in [0.2, 0.25) is 17.8 Å². The molecule has 118 valence electrons. The molecule has 21 heavy (non-hydrogen) atoms. The molecule has 1 aromatic rings. The van der Waals surface area contributed by atoms with E-state index in [0.29, 0.717) is 17.8 Å². The summed E-state index contributed by atoms with van der Waals surface area (Å²) in [7, 11) is 4.13. The molecule has 0 amide bonds.